The Balaban J connectivity index is 2.05. The Hall–Kier alpha value is -1.35. The third-order valence-corrected chi connectivity index (χ3v) is 4.06. The van der Waals surface area contributed by atoms with E-state index in [9.17, 15) is 9.90 Å². The standard InChI is InChI=1S/C15H21NO2/c1-11-5-7-12(8-6-11)14(18)16-13-4-3-9-15(13,2)10-17/h5-8,13,17H,3-4,9-10H2,1-2H3,(H,16,18). The number of aryl methyl sites for hydroxylation is 1. The summed E-state index contributed by atoms with van der Waals surface area (Å²) in [6, 6.07) is 7.64. The molecule has 2 atom stereocenters. The molecule has 3 heteroatoms. The number of benzene rings is 1. The van der Waals surface area contributed by atoms with E-state index in [1.807, 2.05) is 38.1 Å². The molecule has 1 aromatic carbocycles. The lowest BCUT2D eigenvalue weighted by Crippen LogP contribution is -2.44. The topological polar surface area (TPSA) is 49.3 Å². The van der Waals surface area contributed by atoms with Crippen LogP contribution in [0.25, 0.3) is 0 Å². The Morgan fingerprint density at radius 3 is 2.72 bits per heavy atom. The predicted octanol–water partition coefficient (Wildman–Crippen LogP) is 2.28. The zero-order valence-corrected chi connectivity index (χ0v) is 11.1. The minimum atomic E-state index is -0.166. The van der Waals surface area contributed by atoms with E-state index in [0.29, 0.717) is 5.56 Å². The predicted molar refractivity (Wildman–Crippen MR) is 71.5 cm³/mol. The van der Waals surface area contributed by atoms with Crippen LogP contribution in [-0.2, 0) is 0 Å². The number of carbonyl (C=O) groups is 1. The number of hydrogen-bond donors (Lipinski definition) is 2. The molecule has 2 N–H and O–H groups in total. The van der Waals surface area contributed by atoms with Crippen LogP contribution in [0.1, 0.15) is 42.1 Å². The van der Waals surface area contributed by atoms with Gasteiger partial charge in [0.2, 0.25) is 0 Å². The number of aliphatic hydroxyl groups is 1. The molecule has 1 amide bonds. The fourth-order valence-electron chi connectivity index (χ4n) is 2.61. The van der Waals surface area contributed by atoms with Crippen molar-refractivity contribution in [3.8, 4) is 0 Å². The summed E-state index contributed by atoms with van der Waals surface area (Å²) in [6.45, 7) is 4.17. The van der Waals surface area contributed by atoms with Gasteiger partial charge in [0.15, 0.2) is 0 Å². The Labute approximate surface area is 108 Å². The second-order valence-electron chi connectivity index (χ2n) is 5.60. The molecular weight excluding hydrogens is 226 g/mol. The molecule has 0 bridgehead atoms. The van der Waals surface area contributed by atoms with E-state index in [4.69, 9.17) is 0 Å². The number of aliphatic hydroxyl groups excluding tert-OH is 1. The SMILES string of the molecule is Cc1ccc(C(=O)NC2CCCC2(C)CO)cc1. The Morgan fingerprint density at radius 2 is 2.11 bits per heavy atom. The quantitative estimate of drug-likeness (QED) is 0.861. The number of amides is 1. The fraction of sp³-hybridized carbons (Fsp3) is 0.533. The van der Waals surface area contributed by atoms with Crippen molar-refractivity contribution < 1.29 is 9.90 Å². The van der Waals surface area contributed by atoms with Gasteiger partial charge < -0.3 is 10.4 Å². The molecular formula is C15H21NO2. The second kappa shape index (κ2) is 5.11. The normalized spacial score (nSPS) is 27.2. The smallest absolute Gasteiger partial charge is 0.251 e. The van der Waals surface area contributed by atoms with Crippen LogP contribution in [0, 0.1) is 12.3 Å². The minimum absolute atomic E-state index is 0.0402. The van der Waals surface area contributed by atoms with Crippen molar-refractivity contribution in [1.29, 1.82) is 0 Å². The van der Waals surface area contributed by atoms with E-state index >= 15 is 0 Å². The highest BCUT2D eigenvalue weighted by Gasteiger charge is 2.39. The maximum absolute atomic E-state index is 12.1. The molecule has 2 rings (SSSR count). The van der Waals surface area contributed by atoms with E-state index in [-0.39, 0.29) is 24.0 Å². The highest BCUT2D eigenvalue weighted by Crippen LogP contribution is 2.37. The fourth-order valence-corrected chi connectivity index (χ4v) is 2.61. The lowest BCUT2D eigenvalue weighted by molar-refractivity contribution is 0.0830. The zero-order chi connectivity index (χ0) is 13.2. The van der Waals surface area contributed by atoms with Crippen molar-refractivity contribution in [3.63, 3.8) is 0 Å². The molecule has 0 aliphatic heterocycles. The summed E-state index contributed by atoms with van der Waals surface area (Å²) < 4.78 is 0. The van der Waals surface area contributed by atoms with Gasteiger partial charge >= 0.3 is 0 Å². The van der Waals surface area contributed by atoms with Crippen LogP contribution in [0.2, 0.25) is 0 Å². The van der Waals surface area contributed by atoms with Crippen molar-refractivity contribution in [2.24, 2.45) is 5.41 Å². The summed E-state index contributed by atoms with van der Waals surface area (Å²) in [4.78, 5) is 12.1. The van der Waals surface area contributed by atoms with Gasteiger partial charge in [-0.2, -0.15) is 0 Å². The largest absolute Gasteiger partial charge is 0.396 e. The lowest BCUT2D eigenvalue weighted by atomic mass is 9.85. The molecule has 0 radical (unpaired) electrons. The molecule has 2 unspecified atom stereocenters. The van der Waals surface area contributed by atoms with Crippen LogP contribution in [0.5, 0.6) is 0 Å². The van der Waals surface area contributed by atoms with Crippen molar-refractivity contribution in [3.05, 3.63) is 35.4 Å². The number of carbonyl (C=O) groups excluding carboxylic acids is 1. The van der Waals surface area contributed by atoms with Gasteiger partial charge in [-0.15, -0.1) is 0 Å². The van der Waals surface area contributed by atoms with Crippen molar-refractivity contribution >= 4 is 5.91 Å². The summed E-state index contributed by atoms with van der Waals surface area (Å²) in [5.41, 5.74) is 1.67. The molecule has 0 saturated heterocycles. The Bertz CT molecular complexity index is 427. The van der Waals surface area contributed by atoms with Crippen LogP contribution >= 0.6 is 0 Å². The molecule has 18 heavy (non-hydrogen) atoms. The first-order valence-corrected chi connectivity index (χ1v) is 6.53. The molecule has 0 aromatic heterocycles. The second-order valence-corrected chi connectivity index (χ2v) is 5.60. The Kier molecular flexibility index (Phi) is 3.71. The summed E-state index contributed by atoms with van der Waals surface area (Å²) in [6.07, 6.45) is 2.99. The molecule has 1 aliphatic rings. The van der Waals surface area contributed by atoms with Gasteiger partial charge in [-0.1, -0.05) is 31.0 Å². The van der Waals surface area contributed by atoms with Crippen LogP contribution < -0.4 is 5.32 Å². The maximum Gasteiger partial charge on any atom is 0.251 e. The molecule has 1 aliphatic carbocycles. The van der Waals surface area contributed by atoms with Crippen molar-refractivity contribution in [2.45, 2.75) is 39.2 Å². The third kappa shape index (κ3) is 2.56. The highest BCUT2D eigenvalue weighted by atomic mass is 16.3. The van der Waals surface area contributed by atoms with Gasteiger partial charge in [-0.25, -0.2) is 0 Å². The first-order valence-electron chi connectivity index (χ1n) is 6.53. The average Bonchev–Trinajstić information content (AvgIpc) is 2.72. The summed E-state index contributed by atoms with van der Waals surface area (Å²) in [5, 5.41) is 12.5. The maximum atomic E-state index is 12.1. The van der Waals surface area contributed by atoms with Crippen LogP contribution in [0.15, 0.2) is 24.3 Å². The average molecular weight is 247 g/mol. The van der Waals surface area contributed by atoms with Crippen LogP contribution in [0.3, 0.4) is 0 Å². The van der Waals surface area contributed by atoms with Gasteiger partial charge in [0.1, 0.15) is 0 Å². The van der Waals surface area contributed by atoms with Gasteiger partial charge in [0.05, 0.1) is 6.61 Å². The van der Waals surface area contributed by atoms with Gasteiger partial charge in [-0.05, 0) is 31.9 Å². The molecule has 1 fully saturated rings. The van der Waals surface area contributed by atoms with Gasteiger partial charge in [0, 0.05) is 17.0 Å². The monoisotopic (exact) mass is 247 g/mol. The molecule has 0 heterocycles. The number of nitrogens with one attached hydrogen (secondary N) is 1. The lowest BCUT2D eigenvalue weighted by Gasteiger charge is -2.30. The molecule has 98 valence electrons. The van der Waals surface area contributed by atoms with Crippen LogP contribution in [-0.4, -0.2) is 23.7 Å². The molecule has 3 nitrogen and oxygen atoms in total. The highest BCUT2D eigenvalue weighted by molar-refractivity contribution is 5.94. The molecule has 0 spiro atoms. The van der Waals surface area contributed by atoms with E-state index in [1.165, 1.54) is 0 Å². The molecule has 1 aromatic rings. The summed E-state index contributed by atoms with van der Waals surface area (Å²) in [5.74, 6) is -0.0402. The van der Waals surface area contributed by atoms with E-state index < -0.39 is 0 Å². The summed E-state index contributed by atoms with van der Waals surface area (Å²) in [7, 11) is 0. The summed E-state index contributed by atoms with van der Waals surface area (Å²) >= 11 is 0. The minimum Gasteiger partial charge on any atom is -0.396 e. The van der Waals surface area contributed by atoms with Gasteiger partial charge in [-0.3, -0.25) is 4.79 Å². The first-order chi connectivity index (χ1) is 8.55. The zero-order valence-electron chi connectivity index (χ0n) is 11.1. The van der Waals surface area contributed by atoms with Gasteiger partial charge in [0.25, 0.3) is 5.91 Å². The van der Waals surface area contributed by atoms with E-state index in [2.05, 4.69) is 5.32 Å². The Morgan fingerprint density at radius 1 is 1.44 bits per heavy atom. The van der Waals surface area contributed by atoms with E-state index in [1.54, 1.807) is 0 Å². The number of rotatable bonds is 3. The number of hydrogen-bond acceptors (Lipinski definition) is 2. The first kappa shape index (κ1) is 13.1. The van der Waals surface area contributed by atoms with Crippen LogP contribution in [0.4, 0.5) is 0 Å². The van der Waals surface area contributed by atoms with Crippen molar-refractivity contribution in [2.75, 3.05) is 6.61 Å². The third-order valence-electron chi connectivity index (χ3n) is 4.06. The van der Waals surface area contributed by atoms with E-state index in [0.717, 1.165) is 24.8 Å². The molecule has 1 saturated carbocycles. The van der Waals surface area contributed by atoms with Crippen molar-refractivity contribution in [1.82, 2.24) is 5.32 Å².